The molecule has 19 heavy (non-hydrogen) atoms. The maximum Gasteiger partial charge on any atom is 0.0662 e. The van der Waals surface area contributed by atoms with E-state index in [-0.39, 0.29) is 16.4 Å². The zero-order valence-corrected chi connectivity index (χ0v) is 14.2. The molecule has 0 heterocycles. The number of nitrogens with zero attached hydrogens (tertiary/aromatic N) is 1. The molecule has 1 aliphatic carbocycles. The van der Waals surface area contributed by atoms with Crippen LogP contribution in [-0.4, -0.2) is 42.8 Å². The van der Waals surface area contributed by atoms with Crippen molar-refractivity contribution in [3.63, 3.8) is 0 Å². The van der Waals surface area contributed by atoms with Crippen LogP contribution < -0.4 is 5.73 Å². The summed E-state index contributed by atoms with van der Waals surface area (Å²) in [5.74, 6) is 0. The van der Waals surface area contributed by atoms with Gasteiger partial charge < -0.3 is 15.4 Å². The predicted molar refractivity (Wildman–Crippen MR) is 82.3 cm³/mol. The highest BCUT2D eigenvalue weighted by atomic mass is 16.5. The van der Waals surface area contributed by atoms with Gasteiger partial charge in [-0.15, -0.1) is 0 Å². The van der Waals surface area contributed by atoms with E-state index in [4.69, 9.17) is 10.5 Å². The Morgan fingerprint density at radius 1 is 1.37 bits per heavy atom. The van der Waals surface area contributed by atoms with Crippen LogP contribution >= 0.6 is 0 Å². The van der Waals surface area contributed by atoms with Gasteiger partial charge in [0.15, 0.2) is 0 Å². The van der Waals surface area contributed by atoms with E-state index in [0.717, 1.165) is 19.6 Å². The van der Waals surface area contributed by atoms with Crippen LogP contribution in [0.15, 0.2) is 0 Å². The molecule has 0 amide bonds. The molecule has 1 aliphatic rings. The SMILES string of the molecule is CCOC1CC(N)(CN(C)C(C)C(C)(C)C)C1(C)C. The van der Waals surface area contributed by atoms with Crippen LogP contribution in [-0.2, 0) is 4.74 Å². The Labute approximate surface area is 119 Å². The highest BCUT2D eigenvalue weighted by Gasteiger charge is 2.58. The molecule has 0 aliphatic heterocycles. The number of hydrogen-bond donors (Lipinski definition) is 1. The molecule has 0 aromatic heterocycles. The Bertz CT molecular complexity index is 308. The van der Waals surface area contributed by atoms with E-state index in [1.807, 2.05) is 0 Å². The molecule has 0 spiro atoms. The zero-order chi connectivity index (χ0) is 15.1. The van der Waals surface area contributed by atoms with Crippen LogP contribution in [0.4, 0.5) is 0 Å². The van der Waals surface area contributed by atoms with E-state index in [1.165, 1.54) is 0 Å². The highest BCUT2D eigenvalue weighted by molar-refractivity contribution is 5.15. The first-order chi connectivity index (χ1) is 8.45. The number of likely N-dealkylation sites (N-methyl/N-ethyl adjacent to an activating group) is 1. The molecule has 3 heteroatoms. The van der Waals surface area contributed by atoms with Crippen molar-refractivity contribution in [3.8, 4) is 0 Å². The van der Waals surface area contributed by atoms with E-state index in [1.54, 1.807) is 0 Å². The lowest BCUT2D eigenvalue weighted by atomic mass is 9.54. The van der Waals surface area contributed by atoms with Gasteiger partial charge in [-0.1, -0.05) is 34.6 Å². The molecule has 3 nitrogen and oxygen atoms in total. The average Bonchev–Trinajstić information content (AvgIpc) is 2.26. The summed E-state index contributed by atoms with van der Waals surface area (Å²) in [5.41, 5.74) is 6.85. The summed E-state index contributed by atoms with van der Waals surface area (Å²) in [5, 5.41) is 0. The van der Waals surface area contributed by atoms with Crippen molar-refractivity contribution in [2.75, 3.05) is 20.2 Å². The molecule has 1 rings (SSSR count). The van der Waals surface area contributed by atoms with Gasteiger partial charge >= 0.3 is 0 Å². The van der Waals surface area contributed by atoms with Crippen molar-refractivity contribution < 1.29 is 4.74 Å². The third-order valence-electron chi connectivity index (χ3n) is 5.45. The van der Waals surface area contributed by atoms with Gasteiger partial charge in [-0.05, 0) is 32.7 Å². The van der Waals surface area contributed by atoms with Gasteiger partial charge in [-0.2, -0.15) is 0 Å². The molecule has 0 radical (unpaired) electrons. The Morgan fingerprint density at radius 2 is 1.89 bits per heavy atom. The van der Waals surface area contributed by atoms with Crippen LogP contribution in [0.2, 0.25) is 0 Å². The summed E-state index contributed by atoms with van der Waals surface area (Å²) in [6.45, 7) is 17.4. The second-order valence-electron chi connectivity index (χ2n) is 7.98. The molecule has 0 aromatic carbocycles. The maximum absolute atomic E-state index is 6.66. The Kier molecular flexibility index (Phi) is 4.76. The molecule has 3 atom stereocenters. The van der Waals surface area contributed by atoms with Crippen LogP contribution in [0.25, 0.3) is 0 Å². The first-order valence-electron chi connectivity index (χ1n) is 7.56. The zero-order valence-electron chi connectivity index (χ0n) is 14.2. The van der Waals surface area contributed by atoms with E-state index in [2.05, 4.69) is 60.4 Å². The maximum atomic E-state index is 6.66. The van der Waals surface area contributed by atoms with Gasteiger partial charge in [0.2, 0.25) is 0 Å². The number of rotatable bonds is 5. The van der Waals surface area contributed by atoms with E-state index >= 15 is 0 Å². The normalized spacial score (nSPS) is 32.2. The van der Waals surface area contributed by atoms with Crippen LogP contribution in [0, 0.1) is 10.8 Å². The summed E-state index contributed by atoms with van der Waals surface area (Å²) >= 11 is 0. The molecule has 1 saturated carbocycles. The second kappa shape index (κ2) is 5.34. The van der Waals surface area contributed by atoms with Crippen molar-refractivity contribution in [2.45, 2.75) is 72.6 Å². The van der Waals surface area contributed by atoms with Gasteiger partial charge in [0.05, 0.1) is 6.10 Å². The Balaban J connectivity index is 2.68. The van der Waals surface area contributed by atoms with Crippen molar-refractivity contribution in [1.29, 1.82) is 0 Å². The minimum Gasteiger partial charge on any atom is -0.378 e. The number of hydrogen-bond acceptors (Lipinski definition) is 3. The van der Waals surface area contributed by atoms with E-state index in [9.17, 15) is 0 Å². The first kappa shape index (κ1) is 16.9. The molecule has 0 saturated heterocycles. The monoisotopic (exact) mass is 270 g/mol. The predicted octanol–water partition coefficient (Wildman–Crippen LogP) is 2.89. The van der Waals surface area contributed by atoms with Crippen molar-refractivity contribution in [3.05, 3.63) is 0 Å². The van der Waals surface area contributed by atoms with Crippen LogP contribution in [0.3, 0.4) is 0 Å². The van der Waals surface area contributed by atoms with Crippen molar-refractivity contribution in [1.82, 2.24) is 4.90 Å². The minimum atomic E-state index is -0.138. The molecule has 0 aromatic rings. The lowest BCUT2D eigenvalue weighted by Crippen LogP contribution is -2.74. The second-order valence-corrected chi connectivity index (χ2v) is 7.98. The lowest BCUT2D eigenvalue weighted by Gasteiger charge is -2.61. The Morgan fingerprint density at radius 3 is 2.26 bits per heavy atom. The molecule has 1 fully saturated rings. The smallest absolute Gasteiger partial charge is 0.0662 e. The molecule has 0 bridgehead atoms. The lowest BCUT2D eigenvalue weighted by molar-refractivity contribution is -0.158. The molecular formula is C16H34N2O. The number of ether oxygens (including phenoxy) is 1. The summed E-state index contributed by atoms with van der Waals surface area (Å²) in [7, 11) is 2.19. The third kappa shape index (κ3) is 3.14. The highest BCUT2D eigenvalue weighted by Crippen LogP contribution is 2.50. The van der Waals surface area contributed by atoms with Crippen molar-refractivity contribution in [2.24, 2.45) is 16.6 Å². The summed E-state index contributed by atoms with van der Waals surface area (Å²) < 4.78 is 5.80. The van der Waals surface area contributed by atoms with E-state index < -0.39 is 0 Å². The largest absolute Gasteiger partial charge is 0.378 e. The van der Waals surface area contributed by atoms with Crippen LogP contribution in [0.1, 0.15) is 54.9 Å². The van der Waals surface area contributed by atoms with Gasteiger partial charge in [0, 0.05) is 30.1 Å². The average molecular weight is 270 g/mol. The van der Waals surface area contributed by atoms with E-state index in [0.29, 0.717) is 12.1 Å². The van der Waals surface area contributed by atoms with Gasteiger partial charge in [-0.3, -0.25) is 0 Å². The Hall–Kier alpha value is -0.120. The quantitative estimate of drug-likeness (QED) is 0.835. The fraction of sp³-hybridized carbons (Fsp3) is 1.00. The van der Waals surface area contributed by atoms with Gasteiger partial charge in [0.1, 0.15) is 0 Å². The summed E-state index contributed by atoms with van der Waals surface area (Å²) in [4.78, 5) is 2.41. The fourth-order valence-electron chi connectivity index (χ4n) is 3.02. The minimum absolute atomic E-state index is 0.0505. The summed E-state index contributed by atoms with van der Waals surface area (Å²) in [6.07, 6.45) is 1.27. The molecule has 114 valence electrons. The summed E-state index contributed by atoms with van der Waals surface area (Å²) in [6, 6.07) is 0.509. The molecule has 2 N–H and O–H groups in total. The first-order valence-corrected chi connectivity index (χ1v) is 7.56. The molecule has 3 unspecified atom stereocenters. The topological polar surface area (TPSA) is 38.5 Å². The van der Waals surface area contributed by atoms with Gasteiger partial charge in [-0.25, -0.2) is 0 Å². The number of nitrogens with two attached hydrogens (primary N) is 1. The molecular weight excluding hydrogens is 236 g/mol. The fourth-order valence-corrected chi connectivity index (χ4v) is 3.02. The van der Waals surface area contributed by atoms with Gasteiger partial charge in [0.25, 0.3) is 0 Å². The standard InChI is InChI=1S/C16H34N2O/c1-9-19-13-10-16(17,15(13,6)7)11-18(8)12(2)14(3,4)5/h12-13H,9-11,17H2,1-8H3. The van der Waals surface area contributed by atoms with Crippen LogP contribution in [0.5, 0.6) is 0 Å². The van der Waals surface area contributed by atoms with Crippen molar-refractivity contribution >= 4 is 0 Å². The third-order valence-corrected chi connectivity index (χ3v) is 5.45.